The van der Waals surface area contributed by atoms with E-state index in [2.05, 4.69) is 131 Å². The molecule has 9 rings (SSSR count). The summed E-state index contributed by atoms with van der Waals surface area (Å²) in [6, 6.07) is 46.9. The summed E-state index contributed by atoms with van der Waals surface area (Å²) in [4.78, 5) is 24.0. The molecule has 0 radical (unpaired) electrons. The second-order valence-electron chi connectivity index (χ2n) is 12.5. The van der Waals surface area contributed by atoms with Gasteiger partial charge in [0.15, 0.2) is 17.5 Å². The van der Waals surface area contributed by atoms with E-state index in [-0.39, 0.29) is 5.92 Å². The summed E-state index contributed by atoms with van der Waals surface area (Å²) < 4.78 is 0. The van der Waals surface area contributed by atoms with Crippen LogP contribution in [0.3, 0.4) is 0 Å². The van der Waals surface area contributed by atoms with Gasteiger partial charge in [0.05, 0.1) is 5.41 Å². The average molecular weight is 630 g/mol. The molecule has 2 aliphatic rings. The third-order valence-corrected chi connectivity index (χ3v) is 9.73. The van der Waals surface area contributed by atoms with Gasteiger partial charge in [0, 0.05) is 18.0 Å². The second-order valence-corrected chi connectivity index (χ2v) is 12.5. The van der Waals surface area contributed by atoms with E-state index in [0.717, 1.165) is 12.0 Å². The monoisotopic (exact) mass is 629 g/mol. The number of nitrogens with zero attached hydrogens (tertiary/aromatic N) is 5. The zero-order chi connectivity index (χ0) is 32.6. The van der Waals surface area contributed by atoms with E-state index in [1.807, 2.05) is 36.4 Å². The number of fused-ring (bicyclic) bond motifs is 3. The number of hydrogen-bond acceptors (Lipinski definition) is 5. The van der Waals surface area contributed by atoms with Crippen LogP contribution in [-0.2, 0) is 5.41 Å². The Labute approximate surface area is 285 Å². The van der Waals surface area contributed by atoms with E-state index >= 15 is 0 Å². The molecule has 2 aliphatic carbocycles. The maximum absolute atomic E-state index is 5.02. The highest BCUT2D eigenvalue weighted by atomic mass is 15.1. The molecule has 0 bridgehead atoms. The van der Waals surface area contributed by atoms with Crippen molar-refractivity contribution in [3.05, 3.63) is 187 Å². The van der Waals surface area contributed by atoms with Crippen LogP contribution in [0.1, 0.15) is 23.1 Å². The van der Waals surface area contributed by atoms with Gasteiger partial charge < -0.3 is 0 Å². The van der Waals surface area contributed by atoms with Gasteiger partial charge in [-0.2, -0.15) is 0 Å². The van der Waals surface area contributed by atoms with Crippen molar-refractivity contribution in [1.29, 1.82) is 0 Å². The van der Waals surface area contributed by atoms with Crippen LogP contribution in [0.15, 0.2) is 170 Å². The average Bonchev–Trinajstić information content (AvgIpc) is 3.49. The summed E-state index contributed by atoms with van der Waals surface area (Å²) in [5, 5.41) is 0. The molecule has 0 N–H and O–H groups in total. The molecule has 0 fully saturated rings. The molecule has 0 saturated carbocycles. The maximum atomic E-state index is 5.02. The molecule has 0 saturated heterocycles. The van der Waals surface area contributed by atoms with Gasteiger partial charge in [0.2, 0.25) is 0 Å². The Balaban J connectivity index is 1.30. The van der Waals surface area contributed by atoms with Crippen molar-refractivity contribution in [2.75, 3.05) is 0 Å². The molecule has 0 amide bonds. The maximum Gasteiger partial charge on any atom is 0.182 e. The van der Waals surface area contributed by atoms with Crippen LogP contribution in [0.4, 0.5) is 0 Å². The Morgan fingerprint density at radius 2 is 1.06 bits per heavy atom. The molecule has 7 aromatic rings. The summed E-state index contributed by atoms with van der Waals surface area (Å²) in [6.07, 6.45) is 13.5. The zero-order valence-electron chi connectivity index (χ0n) is 26.7. The lowest BCUT2D eigenvalue weighted by Gasteiger charge is -2.40. The van der Waals surface area contributed by atoms with E-state index in [0.29, 0.717) is 28.9 Å². The third kappa shape index (κ3) is 4.90. The van der Waals surface area contributed by atoms with Crippen molar-refractivity contribution in [3.63, 3.8) is 0 Å². The van der Waals surface area contributed by atoms with Crippen LogP contribution >= 0.6 is 0 Å². The molecule has 2 unspecified atom stereocenters. The highest BCUT2D eigenvalue weighted by Gasteiger charge is 2.49. The standard InChI is InChI=1S/C44H31N5/c1-4-14-30(15-5-1)31-22-24-35-36-25-23-32(41-47-42(39-20-10-12-26-45-39)49-43(48-41)40-21-11-13-27-46-40)29-38(36)44(37(35)28-31,33-16-6-2-7-17-33)34-18-8-3-9-19-34/h1-18,20-29,34H,19H2. The van der Waals surface area contributed by atoms with Crippen LogP contribution in [0, 0.1) is 5.92 Å². The van der Waals surface area contributed by atoms with Crippen molar-refractivity contribution in [1.82, 2.24) is 24.9 Å². The van der Waals surface area contributed by atoms with Crippen molar-refractivity contribution < 1.29 is 0 Å². The van der Waals surface area contributed by atoms with Gasteiger partial charge in [-0.05, 0) is 87.7 Å². The van der Waals surface area contributed by atoms with Crippen LogP contribution in [0.25, 0.3) is 56.7 Å². The molecule has 0 spiro atoms. The number of rotatable bonds is 6. The lowest BCUT2D eigenvalue weighted by molar-refractivity contribution is 0.457. The fraction of sp³-hybridized carbons (Fsp3) is 0.0682. The van der Waals surface area contributed by atoms with Gasteiger partial charge in [0.1, 0.15) is 11.4 Å². The SMILES string of the molecule is C1=CCC(C2(c3ccccc3)c3cc(-c4ccccc4)ccc3-c3ccc(-c4nc(-c5ccccn5)nc(-c5ccccn5)n4)cc32)C=C1. The van der Waals surface area contributed by atoms with Gasteiger partial charge in [-0.3, -0.25) is 9.97 Å². The Morgan fingerprint density at radius 3 is 1.65 bits per heavy atom. The summed E-state index contributed by atoms with van der Waals surface area (Å²) in [6.45, 7) is 0. The van der Waals surface area contributed by atoms with Crippen LogP contribution in [0.5, 0.6) is 0 Å². The van der Waals surface area contributed by atoms with Gasteiger partial charge in [-0.1, -0.05) is 121 Å². The lowest BCUT2D eigenvalue weighted by Crippen LogP contribution is -2.35. The number of allylic oxidation sites excluding steroid dienone is 4. The lowest BCUT2D eigenvalue weighted by atomic mass is 9.62. The molecule has 5 nitrogen and oxygen atoms in total. The van der Waals surface area contributed by atoms with E-state index in [9.17, 15) is 0 Å². The van der Waals surface area contributed by atoms with E-state index in [1.165, 1.54) is 38.9 Å². The zero-order valence-corrected chi connectivity index (χ0v) is 26.7. The second kappa shape index (κ2) is 12.0. The molecule has 0 aliphatic heterocycles. The molecule has 232 valence electrons. The summed E-state index contributed by atoms with van der Waals surface area (Å²) in [5.41, 5.74) is 10.6. The minimum atomic E-state index is -0.450. The van der Waals surface area contributed by atoms with Crippen molar-refractivity contribution in [3.8, 4) is 56.7 Å². The topological polar surface area (TPSA) is 64.5 Å². The molecule has 2 atom stereocenters. The minimum Gasteiger partial charge on any atom is -0.253 e. The van der Waals surface area contributed by atoms with Crippen LogP contribution in [-0.4, -0.2) is 24.9 Å². The number of hydrogen-bond donors (Lipinski definition) is 0. The van der Waals surface area contributed by atoms with E-state index in [4.69, 9.17) is 15.0 Å². The quantitative estimate of drug-likeness (QED) is 0.183. The number of benzene rings is 4. The first kappa shape index (κ1) is 28.9. The normalized spacial score (nSPS) is 17.4. The molecule has 49 heavy (non-hydrogen) atoms. The molecular weight excluding hydrogens is 599 g/mol. The van der Waals surface area contributed by atoms with E-state index in [1.54, 1.807) is 12.4 Å². The van der Waals surface area contributed by atoms with Gasteiger partial charge in [0.25, 0.3) is 0 Å². The first-order valence-corrected chi connectivity index (χ1v) is 16.6. The largest absolute Gasteiger partial charge is 0.253 e. The minimum absolute atomic E-state index is 0.188. The number of pyridine rings is 2. The van der Waals surface area contributed by atoms with Crippen molar-refractivity contribution in [2.24, 2.45) is 5.92 Å². The Bertz CT molecular complexity index is 2300. The highest BCUT2D eigenvalue weighted by molar-refractivity contribution is 5.88. The summed E-state index contributed by atoms with van der Waals surface area (Å²) in [5.74, 6) is 1.79. The molecule has 3 heterocycles. The molecular formula is C44H31N5. The highest BCUT2D eigenvalue weighted by Crippen LogP contribution is 2.59. The van der Waals surface area contributed by atoms with Gasteiger partial charge >= 0.3 is 0 Å². The first-order valence-electron chi connectivity index (χ1n) is 16.6. The van der Waals surface area contributed by atoms with Crippen molar-refractivity contribution >= 4 is 0 Å². The Morgan fingerprint density at radius 1 is 0.490 bits per heavy atom. The number of aromatic nitrogens is 5. The third-order valence-electron chi connectivity index (χ3n) is 9.73. The predicted molar refractivity (Wildman–Crippen MR) is 195 cm³/mol. The molecule has 5 heteroatoms. The van der Waals surface area contributed by atoms with Crippen LogP contribution in [0.2, 0.25) is 0 Å². The molecule has 3 aromatic heterocycles. The summed E-state index contributed by atoms with van der Waals surface area (Å²) in [7, 11) is 0. The first-order chi connectivity index (χ1) is 24.3. The van der Waals surface area contributed by atoms with Gasteiger partial charge in [-0.15, -0.1) is 0 Å². The summed E-state index contributed by atoms with van der Waals surface area (Å²) >= 11 is 0. The Kier molecular flexibility index (Phi) is 7.09. The van der Waals surface area contributed by atoms with Gasteiger partial charge in [-0.25, -0.2) is 15.0 Å². The smallest absolute Gasteiger partial charge is 0.182 e. The molecule has 4 aromatic carbocycles. The van der Waals surface area contributed by atoms with E-state index < -0.39 is 5.41 Å². The predicted octanol–water partition coefficient (Wildman–Crippen LogP) is 9.78. The fourth-order valence-electron chi connectivity index (χ4n) is 7.56. The van der Waals surface area contributed by atoms with Crippen LogP contribution < -0.4 is 0 Å². The fourth-order valence-corrected chi connectivity index (χ4v) is 7.56. The Hall–Kier alpha value is -6.33. The van der Waals surface area contributed by atoms with Crippen molar-refractivity contribution in [2.45, 2.75) is 11.8 Å².